The van der Waals surface area contributed by atoms with Gasteiger partial charge in [-0.2, -0.15) is 0 Å². The van der Waals surface area contributed by atoms with Crippen LogP contribution in [0.4, 0.5) is 0 Å². The molecule has 0 amide bonds. The van der Waals surface area contributed by atoms with Crippen LogP contribution in [-0.4, -0.2) is 36.2 Å². The maximum Gasteiger partial charge on any atom is 0.119 e. The number of hydrogen-bond donors (Lipinski definition) is 0. The van der Waals surface area contributed by atoms with E-state index in [9.17, 15) is 0 Å². The van der Waals surface area contributed by atoms with Crippen LogP contribution in [0.2, 0.25) is 0 Å². The molecule has 0 atom stereocenters. The zero-order chi connectivity index (χ0) is 16.6. The second-order valence-corrected chi connectivity index (χ2v) is 6.38. The first kappa shape index (κ1) is 16.9. The quantitative estimate of drug-likeness (QED) is 0.744. The van der Waals surface area contributed by atoms with Gasteiger partial charge in [0.1, 0.15) is 12.4 Å². The Labute approximate surface area is 149 Å². The Kier molecular flexibility index (Phi) is 6.21. The second-order valence-electron chi connectivity index (χ2n) is 5.91. The minimum absolute atomic E-state index is 0.594. The molecule has 0 spiro atoms. The molecule has 0 saturated carbocycles. The molecular weight excluding hydrogens is 318 g/mol. The summed E-state index contributed by atoms with van der Waals surface area (Å²) in [4.78, 5) is 3.32. The molecule has 2 aromatic rings. The Morgan fingerprint density at radius 3 is 2.33 bits per heavy atom. The molecule has 1 saturated heterocycles. The molecule has 126 valence electrons. The summed E-state index contributed by atoms with van der Waals surface area (Å²) in [6.07, 6.45) is 1.91. The fraction of sp³-hybridized carbons (Fsp3) is 0.350. The molecule has 24 heavy (non-hydrogen) atoms. The van der Waals surface area contributed by atoms with Crippen LogP contribution in [0, 0.1) is 0 Å². The number of rotatable bonds is 6. The predicted molar refractivity (Wildman–Crippen MR) is 101 cm³/mol. The van der Waals surface area contributed by atoms with E-state index in [1.165, 1.54) is 11.1 Å². The fourth-order valence-corrected chi connectivity index (χ4v) is 2.99. The van der Waals surface area contributed by atoms with Crippen molar-refractivity contribution in [3.05, 3.63) is 65.7 Å². The number of hydrogen-bond acceptors (Lipinski definition) is 3. The van der Waals surface area contributed by atoms with E-state index in [-0.39, 0.29) is 0 Å². The first-order valence-corrected chi connectivity index (χ1v) is 8.83. The van der Waals surface area contributed by atoms with Crippen molar-refractivity contribution in [3.8, 4) is 5.75 Å². The highest BCUT2D eigenvalue weighted by Gasteiger charge is 2.13. The van der Waals surface area contributed by atoms with Crippen molar-refractivity contribution < 1.29 is 9.47 Å². The Morgan fingerprint density at radius 2 is 1.62 bits per heavy atom. The normalized spacial score (nSPS) is 14.4. The Hall–Kier alpha value is -1.91. The van der Waals surface area contributed by atoms with Gasteiger partial charge in [-0.25, -0.2) is 0 Å². The average Bonchev–Trinajstić information content (AvgIpc) is 2.67. The summed E-state index contributed by atoms with van der Waals surface area (Å²) in [5, 5.41) is 0. The molecule has 0 bridgehead atoms. The summed E-state index contributed by atoms with van der Waals surface area (Å²) in [6.45, 7) is 4.02. The third kappa shape index (κ3) is 5.05. The lowest BCUT2D eigenvalue weighted by molar-refractivity contribution is 0.0683. The molecule has 4 heteroatoms. The van der Waals surface area contributed by atoms with Crippen LogP contribution in [-0.2, 0) is 17.8 Å². The molecule has 0 radical (unpaired) electrons. The van der Waals surface area contributed by atoms with E-state index in [0.717, 1.165) is 49.9 Å². The molecule has 3 nitrogen and oxygen atoms in total. The summed E-state index contributed by atoms with van der Waals surface area (Å²) in [7, 11) is 0. The molecular formula is C20H23NO2S. The van der Waals surface area contributed by atoms with Crippen molar-refractivity contribution >= 4 is 17.2 Å². The predicted octanol–water partition coefficient (Wildman–Crippen LogP) is 3.86. The lowest BCUT2D eigenvalue weighted by atomic mass is 10.1. The fourth-order valence-electron chi connectivity index (χ4n) is 2.71. The van der Waals surface area contributed by atoms with E-state index in [4.69, 9.17) is 21.7 Å². The van der Waals surface area contributed by atoms with Crippen LogP contribution in [0.15, 0.2) is 54.6 Å². The van der Waals surface area contributed by atoms with E-state index < -0.39 is 0 Å². The van der Waals surface area contributed by atoms with E-state index >= 15 is 0 Å². The highest BCUT2D eigenvalue weighted by atomic mass is 32.1. The number of benzene rings is 2. The van der Waals surface area contributed by atoms with Crippen molar-refractivity contribution in [2.45, 2.75) is 19.4 Å². The molecule has 0 aliphatic carbocycles. The monoisotopic (exact) mass is 341 g/mol. The van der Waals surface area contributed by atoms with Gasteiger partial charge in [0.25, 0.3) is 0 Å². The van der Waals surface area contributed by atoms with Crippen LogP contribution in [0.3, 0.4) is 0 Å². The largest absolute Gasteiger partial charge is 0.489 e. The van der Waals surface area contributed by atoms with E-state index in [0.29, 0.717) is 6.61 Å². The minimum atomic E-state index is 0.594. The lowest BCUT2D eigenvalue weighted by Gasteiger charge is -2.29. The number of morpholine rings is 1. The van der Waals surface area contributed by atoms with E-state index in [2.05, 4.69) is 29.2 Å². The van der Waals surface area contributed by atoms with Gasteiger partial charge in [0, 0.05) is 19.5 Å². The maximum absolute atomic E-state index is 5.77. The van der Waals surface area contributed by atoms with Gasteiger partial charge in [0.2, 0.25) is 0 Å². The standard InChI is InChI=1S/C20H23NO2S/c24-20(21-12-14-22-15-13-21)11-10-17-6-8-18(9-7-17)16-23-19-4-2-1-3-5-19/h1-9H,10-16H2. The smallest absolute Gasteiger partial charge is 0.119 e. The van der Waals surface area contributed by atoms with Gasteiger partial charge < -0.3 is 14.4 Å². The zero-order valence-corrected chi connectivity index (χ0v) is 14.6. The SMILES string of the molecule is S=C(CCc1ccc(COc2ccccc2)cc1)N1CCOCC1. The Bertz CT molecular complexity index is 636. The van der Waals surface area contributed by atoms with Crippen LogP contribution in [0.1, 0.15) is 17.5 Å². The molecule has 1 fully saturated rings. The summed E-state index contributed by atoms with van der Waals surface area (Å²) in [5.41, 5.74) is 2.49. The molecule has 3 rings (SSSR count). The van der Waals surface area contributed by atoms with Gasteiger partial charge in [0.15, 0.2) is 0 Å². The average molecular weight is 341 g/mol. The highest BCUT2D eigenvalue weighted by Crippen LogP contribution is 2.13. The van der Waals surface area contributed by atoms with E-state index in [1.807, 2.05) is 30.3 Å². The van der Waals surface area contributed by atoms with E-state index in [1.54, 1.807) is 0 Å². The first-order valence-electron chi connectivity index (χ1n) is 8.42. The first-order chi connectivity index (χ1) is 11.8. The van der Waals surface area contributed by atoms with Crippen molar-refractivity contribution in [2.75, 3.05) is 26.3 Å². The molecule has 1 heterocycles. The number of para-hydroxylation sites is 1. The van der Waals surface area contributed by atoms with Crippen LogP contribution in [0.5, 0.6) is 5.75 Å². The summed E-state index contributed by atoms with van der Waals surface area (Å²) >= 11 is 5.54. The van der Waals surface area contributed by atoms with Gasteiger partial charge in [-0.05, 0) is 29.7 Å². The van der Waals surface area contributed by atoms with Crippen molar-refractivity contribution in [3.63, 3.8) is 0 Å². The van der Waals surface area contributed by atoms with Crippen LogP contribution in [0.25, 0.3) is 0 Å². The third-order valence-electron chi connectivity index (χ3n) is 4.16. The number of ether oxygens (including phenoxy) is 2. The number of thiocarbonyl (C=S) groups is 1. The topological polar surface area (TPSA) is 21.7 Å². The summed E-state index contributed by atoms with van der Waals surface area (Å²) < 4.78 is 11.1. The number of nitrogens with zero attached hydrogens (tertiary/aromatic N) is 1. The van der Waals surface area contributed by atoms with Gasteiger partial charge in [-0.1, -0.05) is 54.7 Å². The molecule has 2 aromatic carbocycles. The minimum Gasteiger partial charge on any atom is -0.489 e. The molecule has 1 aliphatic rings. The van der Waals surface area contributed by atoms with Crippen LogP contribution < -0.4 is 4.74 Å². The maximum atomic E-state index is 5.77. The summed E-state index contributed by atoms with van der Waals surface area (Å²) in [6, 6.07) is 18.5. The lowest BCUT2D eigenvalue weighted by Crippen LogP contribution is -2.39. The van der Waals surface area contributed by atoms with Crippen LogP contribution >= 0.6 is 12.2 Å². The molecule has 1 aliphatic heterocycles. The van der Waals surface area contributed by atoms with Gasteiger partial charge >= 0.3 is 0 Å². The Balaban J connectivity index is 1.45. The van der Waals surface area contributed by atoms with Crippen molar-refractivity contribution in [2.24, 2.45) is 0 Å². The molecule has 0 aromatic heterocycles. The zero-order valence-electron chi connectivity index (χ0n) is 13.8. The Morgan fingerprint density at radius 1 is 0.958 bits per heavy atom. The van der Waals surface area contributed by atoms with Crippen molar-refractivity contribution in [1.29, 1.82) is 0 Å². The highest BCUT2D eigenvalue weighted by molar-refractivity contribution is 7.80. The number of aryl methyl sites for hydroxylation is 1. The van der Waals surface area contributed by atoms with Gasteiger partial charge in [-0.15, -0.1) is 0 Å². The third-order valence-corrected chi connectivity index (χ3v) is 4.63. The van der Waals surface area contributed by atoms with Gasteiger partial charge in [-0.3, -0.25) is 0 Å². The molecule has 0 N–H and O–H groups in total. The molecule has 0 unspecified atom stereocenters. The second kappa shape index (κ2) is 8.81. The van der Waals surface area contributed by atoms with Gasteiger partial charge in [0.05, 0.1) is 18.2 Å². The van der Waals surface area contributed by atoms with Crippen molar-refractivity contribution in [1.82, 2.24) is 4.90 Å². The summed E-state index contributed by atoms with van der Waals surface area (Å²) in [5.74, 6) is 0.900.